The van der Waals surface area contributed by atoms with Gasteiger partial charge in [-0.05, 0) is 24.1 Å². The second-order valence-corrected chi connectivity index (χ2v) is 5.78. The van der Waals surface area contributed by atoms with Crippen LogP contribution in [0.3, 0.4) is 0 Å². The van der Waals surface area contributed by atoms with Gasteiger partial charge >= 0.3 is 0 Å². The van der Waals surface area contributed by atoms with Crippen LogP contribution in [0.5, 0.6) is 0 Å². The molecule has 1 aromatic heterocycles. The van der Waals surface area contributed by atoms with Crippen molar-refractivity contribution >= 4 is 17.5 Å². The first-order chi connectivity index (χ1) is 11.4. The summed E-state index contributed by atoms with van der Waals surface area (Å²) in [6.45, 7) is 4.54. The number of rotatable bonds is 5. The Labute approximate surface area is 139 Å². The molecule has 0 atom stereocenters. The highest BCUT2D eigenvalue weighted by atomic mass is 16.2. The van der Waals surface area contributed by atoms with Gasteiger partial charge in [0.05, 0.1) is 11.3 Å². The minimum atomic E-state index is -0.491. The predicted octanol–water partition coefficient (Wildman–Crippen LogP) is 1.42. The van der Waals surface area contributed by atoms with Gasteiger partial charge in [0.1, 0.15) is 5.69 Å². The molecule has 7 nitrogen and oxygen atoms in total. The summed E-state index contributed by atoms with van der Waals surface area (Å²) in [4.78, 5) is 35.9. The Bertz CT molecular complexity index is 811. The molecule has 2 rings (SSSR count). The molecule has 126 valence electrons. The number of aryl methyl sites for hydroxylation is 1. The Morgan fingerprint density at radius 2 is 1.83 bits per heavy atom. The lowest BCUT2D eigenvalue weighted by atomic mass is 10.1. The van der Waals surface area contributed by atoms with Crippen LogP contribution in [0.4, 0.5) is 5.69 Å². The van der Waals surface area contributed by atoms with Crippen LogP contribution in [-0.2, 0) is 7.05 Å². The Balaban J connectivity index is 2.20. The van der Waals surface area contributed by atoms with Crippen molar-refractivity contribution in [3.8, 4) is 0 Å². The molecule has 24 heavy (non-hydrogen) atoms. The third kappa shape index (κ3) is 4.28. The molecular weight excluding hydrogens is 308 g/mol. The Kier molecular flexibility index (Phi) is 5.47. The van der Waals surface area contributed by atoms with Gasteiger partial charge < -0.3 is 10.6 Å². The van der Waals surface area contributed by atoms with Gasteiger partial charge in [-0.3, -0.25) is 14.4 Å². The Morgan fingerprint density at radius 1 is 1.12 bits per heavy atom. The first-order valence-corrected chi connectivity index (χ1v) is 7.61. The van der Waals surface area contributed by atoms with Crippen molar-refractivity contribution in [3.63, 3.8) is 0 Å². The van der Waals surface area contributed by atoms with Gasteiger partial charge in [0, 0.05) is 19.7 Å². The fraction of sp³-hybridized carbons (Fsp3) is 0.294. The van der Waals surface area contributed by atoms with Crippen LogP contribution in [0.2, 0.25) is 0 Å². The van der Waals surface area contributed by atoms with Crippen LogP contribution in [-0.4, -0.2) is 28.1 Å². The van der Waals surface area contributed by atoms with Gasteiger partial charge in [0.2, 0.25) is 0 Å². The van der Waals surface area contributed by atoms with E-state index in [9.17, 15) is 14.4 Å². The number of para-hydroxylation sites is 1. The monoisotopic (exact) mass is 328 g/mol. The largest absolute Gasteiger partial charge is 0.352 e. The van der Waals surface area contributed by atoms with Crippen LogP contribution in [0, 0.1) is 5.92 Å². The van der Waals surface area contributed by atoms with Crippen molar-refractivity contribution in [3.05, 3.63) is 58.0 Å². The van der Waals surface area contributed by atoms with Crippen LogP contribution in [0.15, 0.2) is 41.2 Å². The summed E-state index contributed by atoms with van der Waals surface area (Å²) in [6, 6.07) is 9.35. The fourth-order valence-electron chi connectivity index (χ4n) is 1.99. The zero-order valence-corrected chi connectivity index (χ0v) is 13.9. The van der Waals surface area contributed by atoms with E-state index in [1.807, 2.05) is 13.8 Å². The molecule has 0 aliphatic heterocycles. The van der Waals surface area contributed by atoms with E-state index in [1.165, 1.54) is 19.2 Å². The molecule has 0 saturated carbocycles. The zero-order chi connectivity index (χ0) is 17.7. The highest BCUT2D eigenvalue weighted by Crippen LogP contribution is 2.16. The van der Waals surface area contributed by atoms with Crippen molar-refractivity contribution in [1.29, 1.82) is 0 Å². The number of nitrogens with zero attached hydrogens (tertiary/aromatic N) is 2. The molecule has 2 N–H and O–H groups in total. The third-order valence-electron chi connectivity index (χ3n) is 3.28. The average molecular weight is 328 g/mol. The quantitative estimate of drug-likeness (QED) is 0.868. The van der Waals surface area contributed by atoms with Crippen molar-refractivity contribution in [1.82, 2.24) is 15.1 Å². The van der Waals surface area contributed by atoms with E-state index < -0.39 is 5.91 Å². The lowest BCUT2D eigenvalue weighted by Crippen LogP contribution is -2.29. The van der Waals surface area contributed by atoms with E-state index in [2.05, 4.69) is 15.7 Å². The highest BCUT2D eigenvalue weighted by molar-refractivity contribution is 6.08. The van der Waals surface area contributed by atoms with Gasteiger partial charge in [-0.15, -0.1) is 0 Å². The minimum absolute atomic E-state index is 0.0921. The number of aromatic nitrogens is 2. The van der Waals surface area contributed by atoms with Gasteiger partial charge in [-0.1, -0.05) is 26.0 Å². The molecule has 0 fully saturated rings. The van der Waals surface area contributed by atoms with Crippen molar-refractivity contribution in [2.75, 3.05) is 11.9 Å². The number of amides is 2. The molecule has 0 unspecified atom stereocenters. The molecule has 0 saturated heterocycles. The minimum Gasteiger partial charge on any atom is -0.352 e. The fourth-order valence-corrected chi connectivity index (χ4v) is 1.99. The predicted molar refractivity (Wildman–Crippen MR) is 91.0 cm³/mol. The molecule has 0 spiro atoms. The Morgan fingerprint density at radius 3 is 2.50 bits per heavy atom. The normalized spacial score (nSPS) is 10.5. The molecule has 1 aromatic carbocycles. The summed E-state index contributed by atoms with van der Waals surface area (Å²) in [5.74, 6) is -0.423. The second kappa shape index (κ2) is 7.54. The first kappa shape index (κ1) is 17.4. The van der Waals surface area contributed by atoms with Crippen LogP contribution in [0.1, 0.15) is 34.7 Å². The zero-order valence-electron chi connectivity index (χ0n) is 13.9. The molecule has 0 aliphatic rings. The molecule has 0 radical (unpaired) electrons. The number of benzene rings is 1. The lowest BCUT2D eigenvalue weighted by Gasteiger charge is -2.12. The van der Waals surface area contributed by atoms with Gasteiger partial charge in [0.25, 0.3) is 17.4 Å². The number of carbonyl (C=O) groups is 2. The molecular formula is C17H20N4O3. The number of hydrogen-bond donors (Lipinski definition) is 2. The van der Waals surface area contributed by atoms with Gasteiger partial charge in [-0.25, -0.2) is 4.68 Å². The molecule has 2 amide bonds. The maximum absolute atomic E-state index is 12.3. The maximum Gasteiger partial charge on any atom is 0.276 e. The van der Waals surface area contributed by atoms with E-state index in [-0.39, 0.29) is 17.2 Å². The van der Waals surface area contributed by atoms with E-state index in [0.29, 0.717) is 23.7 Å². The van der Waals surface area contributed by atoms with Crippen molar-refractivity contribution in [2.24, 2.45) is 13.0 Å². The van der Waals surface area contributed by atoms with E-state index in [0.717, 1.165) is 4.68 Å². The van der Waals surface area contributed by atoms with Crippen molar-refractivity contribution in [2.45, 2.75) is 13.8 Å². The molecule has 2 aromatic rings. The summed E-state index contributed by atoms with van der Waals surface area (Å²) in [7, 11) is 1.46. The second-order valence-electron chi connectivity index (χ2n) is 5.78. The van der Waals surface area contributed by atoms with Gasteiger partial charge in [-0.2, -0.15) is 5.10 Å². The summed E-state index contributed by atoms with van der Waals surface area (Å²) >= 11 is 0. The topological polar surface area (TPSA) is 93.1 Å². The summed E-state index contributed by atoms with van der Waals surface area (Å²) in [6.07, 6.45) is 0. The van der Waals surface area contributed by atoms with Crippen LogP contribution >= 0.6 is 0 Å². The van der Waals surface area contributed by atoms with E-state index >= 15 is 0 Å². The highest BCUT2D eigenvalue weighted by Gasteiger charge is 2.15. The van der Waals surface area contributed by atoms with E-state index in [1.54, 1.807) is 24.3 Å². The standard InChI is InChI=1S/C17H20N4O3/c1-11(2)10-18-16(23)12-6-4-5-7-13(12)19-17(24)14-8-9-15(22)21(3)20-14/h4-9,11H,10H2,1-3H3,(H,18,23)(H,19,24). The molecule has 0 aliphatic carbocycles. The summed E-state index contributed by atoms with van der Waals surface area (Å²) in [5, 5.41) is 9.38. The van der Waals surface area contributed by atoms with Crippen LogP contribution in [0.25, 0.3) is 0 Å². The number of nitrogens with one attached hydrogen (secondary N) is 2. The first-order valence-electron chi connectivity index (χ1n) is 7.61. The molecule has 1 heterocycles. The maximum atomic E-state index is 12.3. The number of hydrogen-bond acceptors (Lipinski definition) is 4. The van der Waals surface area contributed by atoms with E-state index in [4.69, 9.17) is 0 Å². The summed E-state index contributed by atoms with van der Waals surface area (Å²) in [5.41, 5.74) is 0.547. The SMILES string of the molecule is CC(C)CNC(=O)c1ccccc1NC(=O)c1ccc(=O)n(C)n1. The smallest absolute Gasteiger partial charge is 0.276 e. The summed E-state index contributed by atoms with van der Waals surface area (Å²) < 4.78 is 1.08. The average Bonchev–Trinajstić information content (AvgIpc) is 2.55. The third-order valence-corrected chi connectivity index (χ3v) is 3.28. The molecule has 7 heteroatoms. The Hall–Kier alpha value is -2.96. The molecule has 0 bridgehead atoms. The van der Waals surface area contributed by atoms with Gasteiger partial charge in [0.15, 0.2) is 0 Å². The van der Waals surface area contributed by atoms with Crippen molar-refractivity contribution < 1.29 is 9.59 Å². The number of anilines is 1. The number of carbonyl (C=O) groups excluding carboxylic acids is 2. The van der Waals surface area contributed by atoms with Crippen LogP contribution < -0.4 is 16.2 Å². The lowest BCUT2D eigenvalue weighted by molar-refractivity contribution is 0.0950.